The molecule has 0 aliphatic carbocycles. The Morgan fingerprint density at radius 2 is 1.78 bits per heavy atom. The lowest BCUT2D eigenvalue weighted by Crippen LogP contribution is -2.47. The van der Waals surface area contributed by atoms with Crippen LogP contribution in [0.3, 0.4) is 0 Å². The third kappa shape index (κ3) is 3.53. The third-order valence-corrected chi connectivity index (χ3v) is 5.52. The first-order chi connectivity index (χ1) is 13.2. The molecular weight excluding hydrogens is 341 g/mol. The first-order valence-electron chi connectivity index (χ1n) is 9.45. The zero-order chi connectivity index (χ0) is 18.8. The van der Waals surface area contributed by atoms with Gasteiger partial charge in [0.15, 0.2) is 0 Å². The lowest BCUT2D eigenvalue weighted by atomic mass is 9.93. The number of aromatic nitrogens is 1. The maximum Gasteiger partial charge on any atom is 0.128 e. The molecule has 4 nitrogen and oxygen atoms in total. The molecule has 5 heteroatoms. The van der Waals surface area contributed by atoms with Crippen molar-refractivity contribution in [3.05, 3.63) is 71.8 Å². The van der Waals surface area contributed by atoms with Gasteiger partial charge in [-0.2, -0.15) is 0 Å². The molecule has 1 aromatic heterocycles. The van der Waals surface area contributed by atoms with Gasteiger partial charge in [-0.1, -0.05) is 31.2 Å². The van der Waals surface area contributed by atoms with E-state index in [9.17, 15) is 9.50 Å². The number of piperazine rings is 1. The van der Waals surface area contributed by atoms with Crippen LogP contribution in [0.1, 0.15) is 24.1 Å². The molecule has 27 heavy (non-hydrogen) atoms. The van der Waals surface area contributed by atoms with E-state index < -0.39 is 0 Å². The van der Waals surface area contributed by atoms with Crippen LogP contribution in [0, 0.1) is 5.82 Å². The minimum atomic E-state index is -0.248. The zero-order valence-electron chi connectivity index (χ0n) is 15.5. The minimum Gasteiger partial charge on any atom is -0.507 e. The van der Waals surface area contributed by atoms with E-state index in [0.29, 0.717) is 0 Å². The summed E-state index contributed by atoms with van der Waals surface area (Å²) in [4.78, 5) is 8.93. The summed E-state index contributed by atoms with van der Waals surface area (Å²) in [6.07, 6.45) is 3.45. The lowest BCUT2D eigenvalue weighted by Gasteiger charge is -2.39. The highest BCUT2D eigenvalue weighted by molar-refractivity contribution is 5.88. The predicted octanol–water partition coefficient (Wildman–Crippen LogP) is 3.81. The van der Waals surface area contributed by atoms with E-state index in [1.165, 1.54) is 12.1 Å². The summed E-state index contributed by atoms with van der Waals surface area (Å²) in [7, 11) is 0. The molecule has 0 bridgehead atoms. The summed E-state index contributed by atoms with van der Waals surface area (Å²) in [5.74, 6) is 0.0317. The Kier molecular flexibility index (Phi) is 5.05. The number of hydrogen-bond donors (Lipinski definition) is 1. The van der Waals surface area contributed by atoms with Crippen LogP contribution in [-0.4, -0.2) is 52.6 Å². The standard InChI is InChI=1S/C22H24FN3O/c1-2-25-11-13-26(14-12-25)21(16-3-6-18(23)7-4-16)20-8-5-17-15-24-10-9-19(17)22(20)27/h3-10,15,21,27H,2,11-14H2,1H3. The molecule has 1 unspecified atom stereocenters. The van der Waals surface area contributed by atoms with E-state index in [1.54, 1.807) is 12.4 Å². The van der Waals surface area contributed by atoms with Gasteiger partial charge in [0.05, 0.1) is 6.04 Å². The van der Waals surface area contributed by atoms with Gasteiger partial charge in [0.2, 0.25) is 0 Å². The lowest BCUT2D eigenvalue weighted by molar-refractivity contribution is 0.112. The molecule has 140 valence electrons. The summed E-state index contributed by atoms with van der Waals surface area (Å²) in [6.45, 7) is 7.02. The smallest absolute Gasteiger partial charge is 0.128 e. The van der Waals surface area contributed by atoms with Crippen LogP contribution in [0.15, 0.2) is 54.9 Å². The van der Waals surface area contributed by atoms with Crippen LogP contribution in [-0.2, 0) is 0 Å². The molecular formula is C22H24FN3O. The summed E-state index contributed by atoms with van der Waals surface area (Å²) < 4.78 is 13.5. The van der Waals surface area contributed by atoms with E-state index in [4.69, 9.17) is 0 Å². The van der Waals surface area contributed by atoms with Crippen molar-refractivity contribution >= 4 is 10.8 Å². The number of halogens is 1. The molecule has 1 atom stereocenters. The van der Waals surface area contributed by atoms with Gasteiger partial charge in [-0.3, -0.25) is 9.88 Å². The van der Waals surface area contributed by atoms with Crippen molar-refractivity contribution < 1.29 is 9.50 Å². The molecule has 1 aliphatic heterocycles. The maximum atomic E-state index is 13.5. The monoisotopic (exact) mass is 365 g/mol. The summed E-state index contributed by atoms with van der Waals surface area (Å²) in [6, 6.07) is 12.3. The van der Waals surface area contributed by atoms with Crippen LogP contribution in [0.5, 0.6) is 5.75 Å². The maximum absolute atomic E-state index is 13.5. The van der Waals surface area contributed by atoms with Gasteiger partial charge in [0.25, 0.3) is 0 Å². The number of phenols is 1. The van der Waals surface area contributed by atoms with Crippen LogP contribution >= 0.6 is 0 Å². The number of hydrogen-bond acceptors (Lipinski definition) is 4. The van der Waals surface area contributed by atoms with Crippen molar-refractivity contribution in [2.24, 2.45) is 0 Å². The van der Waals surface area contributed by atoms with E-state index in [-0.39, 0.29) is 17.6 Å². The van der Waals surface area contributed by atoms with Crippen molar-refractivity contribution in [3.8, 4) is 5.75 Å². The van der Waals surface area contributed by atoms with E-state index in [0.717, 1.165) is 54.6 Å². The second-order valence-electron chi connectivity index (χ2n) is 7.02. The number of benzene rings is 2. The molecule has 1 aliphatic rings. The highest BCUT2D eigenvalue weighted by atomic mass is 19.1. The Morgan fingerprint density at radius 1 is 1.04 bits per heavy atom. The van der Waals surface area contributed by atoms with Gasteiger partial charge in [0.1, 0.15) is 11.6 Å². The molecule has 0 saturated carbocycles. The highest BCUT2D eigenvalue weighted by Gasteiger charge is 2.28. The number of aromatic hydroxyl groups is 1. The Labute approximate surface area is 158 Å². The highest BCUT2D eigenvalue weighted by Crippen LogP contribution is 2.38. The van der Waals surface area contributed by atoms with Crippen LogP contribution in [0.2, 0.25) is 0 Å². The molecule has 0 spiro atoms. The van der Waals surface area contributed by atoms with E-state index >= 15 is 0 Å². The molecule has 2 aromatic carbocycles. The topological polar surface area (TPSA) is 39.6 Å². The van der Waals surface area contributed by atoms with Crippen molar-refractivity contribution in [3.63, 3.8) is 0 Å². The fourth-order valence-corrected chi connectivity index (χ4v) is 3.96. The molecule has 3 aromatic rings. The van der Waals surface area contributed by atoms with Gasteiger partial charge >= 0.3 is 0 Å². The SMILES string of the molecule is CCN1CCN(C(c2ccc(F)cc2)c2ccc3cnccc3c2O)CC1. The number of rotatable bonds is 4. The van der Waals surface area contributed by atoms with E-state index in [2.05, 4.69) is 21.7 Å². The fourth-order valence-electron chi connectivity index (χ4n) is 3.96. The summed E-state index contributed by atoms with van der Waals surface area (Å²) in [5.41, 5.74) is 1.84. The van der Waals surface area contributed by atoms with Crippen molar-refractivity contribution in [2.75, 3.05) is 32.7 Å². The Morgan fingerprint density at radius 3 is 2.48 bits per heavy atom. The first-order valence-corrected chi connectivity index (χ1v) is 9.45. The summed E-state index contributed by atoms with van der Waals surface area (Å²) in [5, 5.41) is 12.7. The molecule has 1 fully saturated rings. The number of likely N-dealkylation sites (N-methyl/N-ethyl adjacent to an activating group) is 1. The van der Waals surface area contributed by atoms with Gasteiger partial charge in [-0.15, -0.1) is 0 Å². The molecule has 1 saturated heterocycles. The molecule has 0 amide bonds. The first kappa shape index (κ1) is 17.9. The second-order valence-corrected chi connectivity index (χ2v) is 7.02. The minimum absolute atomic E-state index is 0.109. The van der Waals surface area contributed by atoms with Gasteiger partial charge in [-0.25, -0.2) is 4.39 Å². The number of nitrogens with zero attached hydrogens (tertiary/aromatic N) is 3. The predicted molar refractivity (Wildman–Crippen MR) is 105 cm³/mol. The average Bonchev–Trinajstić information content (AvgIpc) is 2.72. The van der Waals surface area contributed by atoms with Crippen LogP contribution < -0.4 is 0 Å². The molecule has 1 N–H and O–H groups in total. The molecule has 0 radical (unpaired) electrons. The molecule has 4 rings (SSSR count). The van der Waals surface area contributed by atoms with Gasteiger partial charge < -0.3 is 10.0 Å². The molecule has 2 heterocycles. The number of fused-ring (bicyclic) bond motifs is 1. The average molecular weight is 365 g/mol. The quantitative estimate of drug-likeness (QED) is 0.763. The van der Waals surface area contributed by atoms with Crippen LogP contribution in [0.4, 0.5) is 4.39 Å². The Bertz CT molecular complexity index is 920. The number of phenolic OH excluding ortho intramolecular Hbond substituents is 1. The third-order valence-electron chi connectivity index (χ3n) is 5.52. The second kappa shape index (κ2) is 7.62. The largest absolute Gasteiger partial charge is 0.507 e. The zero-order valence-corrected chi connectivity index (χ0v) is 15.5. The normalized spacial score (nSPS) is 17.3. The van der Waals surface area contributed by atoms with Crippen molar-refractivity contribution in [2.45, 2.75) is 13.0 Å². The van der Waals surface area contributed by atoms with Crippen molar-refractivity contribution in [1.82, 2.24) is 14.8 Å². The van der Waals surface area contributed by atoms with E-state index in [1.807, 2.05) is 30.3 Å². The Balaban J connectivity index is 1.78. The fraction of sp³-hybridized carbons (Fsp3) is 0.318. The van der Waals surface area contributed by atoms with Gasteiger partial charge in [-0.05, 0) is 30.3 Å². The van der Waals surface area contributed by atoms with Crippen molar-refractivity contribution in [1.29, 1.82) is 0 Å². The van der Waals surface area contributed by atoms with Gasteiger partial charge in [0, 0.05) is 54.9 Å². The summed E-state index contributed by atoms with van der Waals surface area (Å²) >= 11 is 0. The Hall–Kier alpha value is -2.50. The number of pyridine rings is 1. The van der Waals surface area contributed by atoms with Crippen LogP contribution in [0.25, 0.3) is 10.8 Å².